The van der Waals surface area contributed by atoms with E-state index in [1.807, 2.05) is 6.08 Å². The average Bonchev–Trinajstić information content (AvgIpc) is 2.48. The van der Waals surface area contributed by atoms with Gasteiger partial charge in [0.05, 0.1) is 12.7 Å². The molecule has 0 bridgehead atoms. The number of aliphatic hydroxyl groups excluding tert-OH is 1. The molecule has 3 nitrogen and oxygen atoms in total. The first-order valence-corrected chi connectivity index (χ1v) is 7.68. The van der Waals surface area contributed by atoms with Crippen molar-refractivity contribution in [2.24, 2.45) is 5.92 Å². The smallest absolute Gasteiger partial charge is 0.157 e. The predicted octanol–water partition coefficient (Wildman–Crippen LogP) is 3.36. The number of hydrogen-bond donors (Lipinski definition) is 1. The number of ether oxygens (including phenoxy) is 2. The zero-order chi connectivity index (χ0) is 14.2. The molecule has 0 radical (unpaired) electrons. The Balaban J connectivity index is 1.69. The summed E-state index contributed by atoms with van der Waals surface area (Å²) in [6.07, 6.45) is 15.4. The van der Waals surface area contributed by atoms with Crippen LogP contribution in [0.25, 0.3) is 0 Å². The van der Waals surface area contributed by atoms with Crippen LogP contribution in [0.15, 0.2) is 36.0 Å². The third-order valence-electron chi connectivity index (χ3n) is 3.81. The van der Waals surface area contributed by atoms with Crippen molar-refractivity contribution < 1.29 is 14.6 Å². The standard InChI is InChI=1S/C17H26O3/c1-14(5-6-15-7-9-16(18)10-8-15)11-13-20-17-4-2-3-12-19-17/h5-7,9,11,15-18H,2-4,8,10,12-13H2,1H3/b6-5-,14-11+/t15?,16-,17?/m1/s1. The Morgan fingerprint density at radius 1 is 1.30 bits per heavy atom. The molecule has 0 spiro atoms. The van der Waals surface area contributed by atoms with Crippen LogP contribution in [-0.4, -0.2) is 30.7 Å². The number of rotatable bonds is 5. The van der Waals surface area contributed by atoms with Gasteiger partial charge in [-0.1, -0.05) is 36.0 Å². The van der Waals surface area contributed by atoms with Gasteiger partial charge in [0.25, 0.3) is 0 Å². The number of hydrogen-bond acceptors (Lipinski definition) is 3. The van der Waals surface area contributed by atoms with E-state index in [4.69, 9.17) is 9.47 Å². The molecular weight excluding hydrogens is 252 g/mol. The van der Waals surface area contributed by atoms with Crippen molar-refractivity contribution >= 4 is 0 Å². The van der Waals surface area contributed by atoms with Crippen LogP contribution in [0.5, 0.6) is 0 Å². The first kappa shape index (κ1) is 15.5. The quantitative estimate of drug-likeness (QED) is 0.619. The van der Waals surface area contributed by atoms with Gasteiger partial charge in [-0.25, -0.2) is 0 Å². The lowest BCUT2D eigenvalue weighted by molar-refractivity contribution is -0.155. The van der Waals surface area contributed by atoms with Crippen LogP contribution in [0.1, 0.15) is 39.0 Å². The molecule has 2 rings (SSSR count). The van der Waals surface area contributed by atoms with Gasteiger partial charge in [0, 0.05) is 6.61 Å². The fourth-order valence-electron chi connectivity index (χ4n) is 2.46. The minimum atomic E-state index is -0.250. The van der Waals surface area contributed by atoms with Crippen LogP contribution >= 0.6 is 0 Å². The fraction of sp³-hybridized carbons (Fsp3) is 0.647. The van der Waals surface area contributed by atoms with Crippen LogP contribution < -0.4 is 0 Å². The molecule has 1 aliphatic carbocycles. The highest BCUT2D eigenvalue weighted by molar-refractivity contribution is 5.19. The summed E-state index contributed by atoms with van der Waals surface area (Å²) in [4.78, 5) is 0. The minimum Gasteiger partial charge on any atom is -0.389 e. The van der Waals surface area contributed by atoms with Gasteiger partial charge in [0.2, 0.25) is 0 Å². The van der Waals surface area contributed by atoms with Gasteiger partial charge in [0.15, 0.2) is 6.29 Å². The molecule has 1 aliphatic heterocycles. The van der Waals surface area contributed by atoms with Gasteiger partial charge >= 0.3 is 0 Å². The van der Waals surface area contributed by atoms with E-state index in [0.717, 1.165) is 32.3 Å². The van der Waals surface area contributed by atoms with E-state index in [0.29, 0.717) is 12.5 Å². The lowest BCUT2D eigenvalue weighted by atomic mass is 9.93. The van der Waals surface area contributed by atoms with Gasteiger partial charge in [-0.2, -0.15) is 0 Å². The number of allylic oxidation sites excluding steroid dienone is 4. The van der Waals surface area contributed by atoms with E-state index in [1.165, 1.54) is 12.0 Å². The van der Waals surface area contributed by atoms with Crippen LogP contribution in [0, 0.1) is 5.92 Å². The Hall–Kier alpha value is -0.900. The maximum atomic E-state index is 9.39. The summed E-state index contributed by atoms with van der Waals surface area (Å²) in [6.45, 7) is 3.52. The minimum absolute atomic E-state index is 0.0143. The van der Waals surface area contributed by atoms with E-state index in [9.17, 15) is 5.11 Å². The monoisotopic (exact) mass is 278 g/mol. The molecule has 3 atom stereocenters. The molecular formula is C17H26O3. The van der Waals surface area contributed by atoms with Crippen LogP contribution in [-0.2, 0) is 9.47 Å². The lowest BCUT2D eigenvalue weighted by Gasteiger charge is -2.22. The molecule has 1 saturated heterocycles. The SMILES string of the molecule is CC(/C=C\C1C=C[C@@H](O)CC1)=C\COC1CCCCO1. The van der Waals surface area contributed by atoms with Crippen molar-refractivity contribution in [3.8, 4) is 0 Å². The second-order valence-electron chi connectivity index (χ2n) is 5.63. The first-order chi connectivity index (χ1) is 9.74. The first-order valence-electron chi connectivity index (χ1n) is 7.68. The second kappa shape index (κ2) is 8.40. The highest BCUT2D eigenvalue weighted by atomic mass is 16.7. The zero-order valence-electron chi connectivity index (χ0n) is 12.3. The van der Waals surface area contributed by atoms with Crippen LogP contribution in [0.3, 0.4) is 0 Å². The molecule has 112 valence electrons. The molecule has 1 fully saturated rings. The highest BCUT2D eigenvalue weighted by Crippen LogP contribution is 2.19. The summed E-state index contributed by atoms with van der Waals surface area (Å²) >= 11 is 0. The summed E-state index contributed by atoms with van der Waals surface area (Å²) < 4.78 is 11.2. The topological polar surface area (TPSA) is 38.7 Å². The van der Waals surface area contributed by atoms with Crippen molar-refractivity contribution in [2.45, 2.75) is 51.4 Å². The molecule has 20 heavy (non-hydrogen) atoms. The average molecular weight is 278 g/mol. The van der Waals surface area contributed by atoms with E-state index in [2.05, 4.69) is 31.2 Å². The molecule has 0 aromatic heterocycles. The van der Waals surface area contributed by atoms with Crippen molar-refractivity contribution in [3.63, 3.8) is 0 Å². The summed E-state index contributed by atoms with van der Waals surface area (Å²) in [5.74, 6) is 0.448. The molecule has 1 heterocycles. The maximum absolute atomic E-state index is 9.39. The van der Waals surface area contributed by atoms with Crippen LogP contribution in [0.2, 0.25) is 0 Å². The van der Waals surface area contributed by atoms with Crippen molar-refractivity contribution in [3.05, 3.63) is 36.0 Å². The van der Waals surface area contributed by atoms with Gasteiger partial charge in [-0.05, 0) is 44.9 Å². The molecule has 0 aromatic carbocycles. The van der Waals surface area contributed by atoms with E-state index >= 15 is 0 Å². The Labute approximate surface area is 122 Å². The molecule has 1 N–H and O–H groups in total. The molecule has 2 aliphatic rings. The van der Waals surface area contributed by atoms with Gasteiger partial charge < -0.3 is 14.6 Å². The van der Waals surface area contributed by atoms with Gasteiger partial charge in [-0.15, -0.1) is 0 Å². The van der Waals surface area contributed by atoms with Gasteiger partial charge in [0.1, 0.15) is 0 Å². The van der Waals surface area contributed by atoms with E-state index in [1.54, 1.807) is 0 Å². The summed E-state index contributed by atoms with van der Waals surface area (Å²) in [5.41, 5.74) is 1.21. The molecule has 2 unspecified atom stereocenters. The lowest BCUT2D eigenvalue weighted by Crippen LogP contribution is -2.22. The molecule has 0 saturated carbocycles. The number of aliphatic hydroxyl groups is 1. The van der Waals surface area contributed by atoms with Crippen molar-refractivity contribution in [2.75, 3.05) is 13.2 Å². The van der Waals surface area contributed by atoms with Gasteiger partial charge in [-0.3, -0.25) is 0 Å². The predicted molar refractivity (Wildman–Crippen MR) is 80.3 cm³/mol. The Kier molecular flexibility index (Phi) is 6.51. The van der Waals surface area contributed by atoms with Crippen molar-refractivity contribution in [1.82, 2.24) is 0 Å². The normalized spacial score (nSPS) is 31.9. The van der Waals surface area contributed by atoms with E-state index < -0.39 is 0 Å². The third-order valence-corrected chi connectivity index (χ3v) is 3.81. The second-order valence-corrected chi connectivity index (χ2v) is 5.63. The summed E-state index contributed by atoms with van der Waals surface area (Å²) in [6, 6.07) is 0. The molecule has 3 heteroatoms. The molecule has 0 aromatic rings. The molecule has 0 amide bonds. The van der Waals surface area contributed by atoms with E-state index in [-0.39, 0.29) is 12.4 Å². The fourth-order valence-corrected chi connectivity index (χ4v) is 2.46. The Bertz CT molecular complexity index is 364. The Morgan fingerprint density at radius 2 is 2.20 bits per heavy atom. The maximum Gasteiger partial charge on any atom is 0.157 e. The summed E-state index contributed by atoms with van der Waals surface area (Å²) in [5, 5.41) is 9.39. The summed E-state index contributed by atoms with van der Waals surface area (Å²) in [7, 11) is 0. The van der Waals surface area contributed by atoms with Crippen molar-refractivity contribution in [1.29, 1.82) is 0 Å². The third kappa shape index (κ3) is 5.61. The zero-order valence-corrected chi connectivity index (χ0v) is 12.3. The van der Waals surface area contributed by atoms with Crippen LogP contribution in [0.4, 0.5) is 0 Å². The Morgan fingerprint density at radius 3 is 2.90 bits per heavy atom. The largest absolute Gasteiger partial charge is 0.389 e. The highest BCUT2D eigenvalue weighted by Gasteiger charge is 2.13.